The van der Waals surface area contributed by atoms with Crippen LogP contribution in [0.4, 0.5) is 0 Å². The summed E-state index contributed by atoms with van der Waals surface area (Å²) in [5.74, 6) is -0.661. The molecule has 0 aromatic heterocycles. The summed E-state index contributed by atoms with van der Waals surface area (Å²) >= 11 is 0. The zero-order valence-corrected chi connectivity index (χ0v) is 18.3. The van der Waals surface area contributed by atoms with Crippen LogP contribution in [0, 0.1) is 5.92 Å². The molecule has 1 aromatic rings. The van der Waals surface area contributed by atoms with Crippen LogP contribution < -0.4 is 4.43 Å². The highest BCUT2D eigenvalue weighted by Gasteiger charge is 2.73. The van der Waals surface area contributed by atoms with E-state index in [4.69, 9.17) is 23.7 Å². The van der Waals surface area contributed by atoms with E-state index >= 15 is 0 Å². The zero-order chi connectivity index (χ0) is 20.1. The van der Waals surface area contributed by atoms with E-state index in [-0.39, 0.29) is 16.9 Å². The van der Waals surface area contributed by atoms with Gasteiger partial charge in [0.25, 0.3) is 5.79 Å². The van der Waals surface area contributed by atoms with Crippen molar-refractivity contribution in [3.63, 3.8) is 0 Å². The predicted octanol–water partition coefficient (Wildman–Crippen LogP) is 4.15. The minimum Gasteiger partial charge on any atom is -0.543 e. The fourth-order valence-corrected chi connectivity index (χ4v) is 4.53. The highest BCUT2D eigenvalue weighted by Crippen LogP contribution is 2.61. The van der Waals surface area contributed by atoms with E-state index < -0.39 is 19.7 Å². The Bertz CT molecular complexity index is 715. The zero-order valence-electron chi connectivity index (χ0n) is 17.3. The molecule has 3 rings (SSSR count). The first kappa shape index (κ1) is 20.3. The molecule has 0 N–H and O–H groups in total. The lowest BCUT2D eigenvalue weighted by molar-refractivity contribution is -0.634. The summed E-state index contributed by atoms with van der Waals surface area (Å²) in [6, 6.07) is 7.79. The van der Waals surface area contributed by atoms with Gasteiger partial charge in [0.15, 0.2) is 5.60 Å². The van der Waals surface area contributed by atoms with Crippen LogP contribution in [0.15, 0.2) is 24.3 Å². The number of carbonyl (C=O) groups excluding carboxylic acids is 1. The molecule has 1 saturated carbocycles. The van der Waals surface area contributed by atoms with Gasteiger partial charge in [-0.3, -0.25) is 4.79 Å². The molecule has 2 aliphatic rings. The molecule has 27 heavy (non-hydrogen) atoms. The maximum Gasteiger partial charge on any atom is 0.308 e. The summed E-state index contributed by atoms with van der Waals surface area (Å²) in [7, 11) is 1.03. The second-order valence-electron chi connectivity index (χ2n) is 9.00. The van der Waals surface area contributed by atoms with E-state index in [0.29, 0.717) is 12.8 Å². The van der Waals surface area contributed by atoms with Gasteiger partial charge in [0.05, 0.1) is 13.0 Å². The lowest BCUT2D eigenvalue weighted by atomic mass is 9.63. The molecule has 1 unspecified atom stereocenters. The molecule has 6 nitrogen and oxygen atoms in total. The first-order valence-corrected chi connectivity index (χ1v) is 12.2. The summed E-state index contributed by atoms with van der Waals surface area (Å²) in [6.07, 6.45) is 1.00. The van der Waals surface area contributed by atoms with Crippen molar-refractivity contribution in [1.82, 2.24) is 0 Å². The molecule has 1 heterocycles. The second-order valence-corrected chi connectivity index (χ2v) is 13.7. The average molecular weight is 395 g/mol. The third kappa shape index (κ3) is 3.10. The fourth-order valence-electron chi connectivity index (χ4n) is 3.50. The Morgan fingerprint density at radius 1 is 1.19 bits per heavy atom. The summed E-state index contributed by atoms with van der Waals surface area (Å²) in [4.78, 5) is 22.8. The number of hydrogen-bond donors (Lipinski definition) is 0. The standard InChI is InChI=1S/C20H30O6Si/c1-18(2,3)27(6,7)24-16-10-8-9-15(11-16)20(23-5)19(25-26-20)12-14(13-19)17(21)22-4/h8-11,14H,12-13H2,1-7H3. The predicted molar refractivity (Wildman–Crippen MR) is 103 cm³/mol. The van der Waals surface area contributed by atoms with Crippen LogP contribution >= 0.6 is 0 Å². The topological polar surface area (TPSA) is 63.2 Å². The van der Waals surface area contributed by atoms with Gasteiger partial charge < -0.3 is 13.9 Å². The number of hydrogen-bond acceptors (Lipinski definition) is 6. The Hall–Kier alpha value is -1.41. The minimum atomic E-state index is -1.97. The van der Waals surface area contributed by atoms with Crippen LogP contribution in [0.1, 0.15) is 39.2 Å². The largest absolute Gasteiger partial charge is 0.543 e. The van der Waals surface area contributed by atoms with Gasteiger partial charge in [0, 0.05) is 12.7 Å². The quantitative estimate of drug-likeness (QED) is 0.425. The number of esters is 1. The number of carbonyl (C=O) groups is 1. The van der Waals surface area contributed by atoms with Gasteiger partial charge in [-0.25, -0.2) is 4.89 Å². The van der Waals surface area contributed by atoms with Crippen LogP contribution in [-0.4, -0.2) is 34.1 Å². The summed E-state index contributed by atoms with van der Waals surface area (Å²) in [5, 5.41) is 0.0982. The van der Waals surface area contributed by atoms with Gasteiger partial charge in [0.2, 0.25) is 8.32 Å². The maximum absolute atomic E-state index is 11.8. The van der Waals surface area contributed by atoms with Crippen molar-refractivity contribution in [3.8, 4) is 5.75 Å². The third-order valence-corrected chi connectivity index (χ3v) is 10.6. The molecule has 1 aromatic carbocycles. The second kappa shape index (κ2) is 6.58. The van der Waals surface area contributed by atoms with Crippen molar-refractivity contribution in [1.29, 1.82) is 0 Å². The Balaban J connectivity index is 1.85. The first-order chi connectivity index (χ1) is 12.5. The molecule has 0 radical (unpaired) electrons. The van der Waals surface area contributed by atoms with E-state index in [1.54, 1.807) is 7.11 Å². The molecule has 0 bridgehead atoms. The first-order valence-electron chi connectivity index (χ1n) is 9.30. The average Bonchev–Trinajstić information content (AvgIpc) is 2.52. The summed E-state index contributed by atoms with van der Waals surface area (Å²) in [5.41, 5.74) is 0.159. The molecule has 1 spiro atoms. The number of ether oxygens (including phenoxy) is 2. The van der Waals surface area contributed by atoms with Crippen molar-refractivity contribution >= 4 is 14.3 Å². The monoisotopic (exact) mass is 394 g/mol. The summed E-state index contributed by atoms with van der Waals surface area (Å²) in [6.45, 7) is 11.0. The molecule has 1 aliphatic carbocycles. The Morgan fingerprint density at radius 3 is 2.33 bits per heavy atom. The van der Waals surface area contributed by atoms with Crippen molar-refractivity contribution in [2.75, 3.05) is 14.2 Å². The van der Waals surface area contributed by atoms with E-state index in [0.717, 1.165) is 11.3 Å². The fraction of sp³-hybridized carbons (Fsp3) is 0.650. The smallest absolute Gasteiger partial charge is 0.308 e. The van der Waals surface area contributed by atoms with Crippen LogP contribution in [0.3, 0.4) is 0 Å². The van der Waals surface area contributed by atoms with Gasteiger partial charge in [-0.2, -0.15) is 4.89 Å². The number of rotatable bonds is 5. The molecule has 7 heteroatoms. The van der Waals surface area contributed by atoms with Crippen LogP contribution in [0.25, 0.3) is 0 Å². The molecule has 1 saturated heterocycles. The molecular weight excluding hydrogens is 364 g/mol. The van der Waals surface area contributed by atoms with E-state index in [1.165, 1.54) is 7.11 Å². The Kier molecular flexibility index (Phi) is 4.95. The molecular formula is C20H30O6Si. The Morgan fingerprint density at radius 2 is 1.85 bits per heavy atom. The Labute approximate surface area is 162 Å². The minimum absolute atomic E-state index is 0.0982. The van der Waals surface area contributed by atoms with Gasteiger partial charge in [-0.15, -0.1) is 0 Å². The van der Waals surface area contributed by atoms with Crippen molar-refractivity contribution in [2.24, 2.45) is 5.92 Å². The van der Waals surface area contributed by atoms with E-state index in [9.17, 15) is 4.79 Å². The SMILES string of the molecule is COC(=O)C1CC2(C1)OOC2(OC)c1cccc(O[Si](C)(C)C(C)(C)C)c1. The molecule has 0 amide bonds. The molecule has 150 valence electrons. The maximum atomic E-state index is 11.8. The highest BCUT2D eigenvalue weighted by molar-refractivity contribution is 6.74. The van der Waals surface area contributed by atoms with Gasteiger partial charge >= 0.3 is 5.97 Å². The molecule has 2 fully saturated rings. The normalized spacial score (nSPS) is 30.4. The van der Waals surface area contributed by atoms with Crippen LogP contribution in [-0.2, 0) is 29.8 Å². The summed E-state index contributed by atoms with van der Waals surface area (Å²) < 4.78 is 17.1. The van der Waals surface area contributed by atoms with Gasteiger partial charge in [-0.05, 0) is 43.1 Å². The van der Waals surface area contributed by atoms with Crippen molar-refractivity contribution in [2.45, 2.75) is 63.1 Å². The lowest BCUT2D eigenvalue weighted by Gasteiger charge is -2.61. The van der Waals surface area contributed by atoms with Gasteiger partial charge in [-0.1, -0.05) is 32.9 Å². The lowest BCUT2D eigenvalue weighted by Crippen LogP contribution is -2.72. The van der Waals surface area contributed by atoms with Crippen molar-refractivity contribution in [3.05, 3.63) is 29.8 Å². The highest BCUT2D eigenvalue weighted by atomic mass is 28.4. The molecule has 1 atom stereocenters. The van der Waals surface area contributed by atoms with E-state index in [1.807, 2.05) is 24.3 Å². The van der Waals surface area contributed by atoms with Crippen LogP contribution in [0.5, 0.6) is 5.75 Å². The third-order valence-electron chi connectivity index (χ3n) is 6.29. The number of benzene rings is 1. The number of methoxy groups -OCH3 is 2. The molecule has 1 aliphatic heterocycles. The van der Waals surface area contributed by atoms with Gasteiger partial charge in [0.1, 0.15) is 5.75 Å². The van der Waals surface area contributed by atoms with E-state index in [2.05, 4.69) is 33.9 Å². The van der Waals surface area contributed by atoms with Crippen LogP contribution in [0.2, 0.25) is 18.1 Å². The van der Waals surface area contributed by atoms with Crippen molar-refractivity contribution < 1.29 is 28.5 Å².